The average molecular weight is 318 g/mol. The molecular weight excluding hydrogens is 282 g/mol. The van der Waals surface area contributed by atoms with Gasteiger partial charge in [-0.25, -0.2) is 0 Å². The van der Waals surface area contributed by atoms with Crippen LogP contribution in [0.5, 0.6) is 0 Å². The fourth-order valence-electron chi connectivity index (χ4n) is 3.42. The van der Waals surface area contributed by atoms with Gasteiger partial charge in [0.2, 0.25) is 0 Å². The molecule has 1 heterocycles. The minimum absolute atomic E-state index is 0.316. The van der Waals surface area contributed by atoms with E-state index in [1.54, 1.807) is 0 Å². The number of hydrogen-bond acceptors (Lipinski definition) is 2. The summed E-state index contributed by atoms with van der Waals surface area (Å²) in [5.74, 6) is 0.876. The van der Waals surface area contributed by atoms with Gasteiger partial charge in [0.1, 0.15) is 0 Å². The first-order valence-corrected chi connectivity index (χ1v) is 9.68. The molecule has 1 aliphatic heterocycles. The average Bonchev–Trinajstić information content (AvgIpc) is 2.58. The van der Waals surface area contributed by atoms with Crippen LogP contribution in [0.3, 0.4) is 0 Å². The standard InChI is InChI=1S/C21H35NO/c1-3-4-5-6-7-19-8-10-20(11-9-19)21(23)14-17-22-15-12-18(2)13-16-22/h8-11,18,21,23H,3-7,12-17H2,1-2H3. The summed E-state index contributed by atoms with van der Waals surface area (Å²) in [7, 11) is 0. The fourth-order valence-corrected chi connectivity index (χ4v) is 3.42. The zero-order chi connectivity index (χ0) is 16.5. The predicted octanol–water partition coefficient (Wildman–Crippen LogP) is 4.96. The van der Waals surface area contributed by atoms with Crippen LogP contribution in [-0.4, -0.2) is 29.6 Å². The normalized spacial score (nSPS) is 18.2. The number of nitrogens with zero attached hydrogens (tertiary/aromatic N) is 1. The quantitative estimate of drug-likeness (QED) is 0.650. The highest BCUT2D eigenvalue weighted by Crippen LogP contribution is 2.21. The summed E-state index contributed by atoms with van der Waals surface area (Å²) in [6.45, 7) is 8.01. The Morgan fingerprint density at radius 2 is 1.78 bits per heavy atom. The Morgan fingerprint density at radius 1 is 1.09 bits per heavy atom. The molecule has 0 saturated carbocycles. The zero-order valence-corrected chi connectivity index (χ0v) is 15.1. The second kappa shape index (κ2) is 10.1. The third-order valence-electron chi connectivity index (χ3n) is 5.28. The van der Waals surface area contributed by atoms with E-state index in [1.807, 2.05) is 0 Å². The summed E-state index contributed by atoms with van der Waals surface area (Å²) >= 11 is 0. The maximum Gasteiger partial charge on any atom is 0.0802 e. The first-order valence-electron chi connectivity index (χ1n) is 9.68. The molecular formula is C21H35NO. The molecule has 2 rings (SSSR count). The van der Waals surface area contributed by atoms with Crippen molar-refractivity contribution in [2.24, 2.45) is 5.92 Å². The van der Waals surface area contributed by atoms with Gasteiger partial charge in [-0.15, -0.1) is 0 Å². The van der Waals surface area contributed by atoms with Crippen LogP contribution in [0.2, 0.25) is 0 Å². The Balaban J connectivity index is 1.70. The molecule has 2 nitrogen and oxygen atoms in total. The number of unbranched alkanes of at least 4 members (excludes halogenated alkanes) is 3. The van der Waals surface area contributed by atoms with Crippen molar-refractivity contribution < 1.29 is 5.11 Å². The van der Waals surface area contributed by atoms with Gasteiger partial charge in [0, 0.05) is 6.54 Å². The minimum atomic E-state index is -0.316. The molecule has 1 fully saturated rings. The fraction of sp³-hybridized carbons (Fsp3) is 0.714. The minimum Gasteiger partial charge on any atom is -0.388 e. The van der Waals surface area contributed by atoms with Crippen molar-refractivity contribution in [3.05, 3.63) is 35.4 Å². The van der Waals surface area contributed by atoms with E-state index in [0.717, 1.165) is 24.4 Å². The lowest BCUT2D eigenvalue weighted by atomic mass is 9.98. The summed E-state index contributed by atoms with van der Waals surface area (Å²) in [6, 6.07) is 8.65. The first kappa shape index (κ1) is 18.5. The van der Waals surface area contributed by atoms with Crippen LogP contribution in [0.25, 0.3) is 0 Å². The van der Waals surface area contributed by atoms with Gasteiger partial charge in [0.25, 0.3) is 0 Å². The molecule has 0 amide bonds. The highest BCUT2D eigenvalue weighted by molar-refractivity contribution is 5.24. The lowest BCUT2D eigenvalue weighted by Gasteiger charge is -2.30. The van der Waals surface area contributed by atoms with E-state index in [-0.39, 0.29) is 6.10 Å². The lowest BCUT2D eigenvalue weighted by molar-refractivity contribution is 0.125. The third-order valence-corrected chi connectivity index (χ3v) is 5.28. The summed E-state index contributed by atoms with van der Waals surface area (Å²) in [4.78, 5) is 2.51. The molecule has 1 atom stereocenters. The van der Waals surface area contributed by atoms with Gasteiger partial charge in [-0.2, -0.15) is 0 Å². The molecule has 2 heteroatoms. The van der Waals surface area contributed by atoms with Crippen molar-refractivity contribution in [1.29, 1.82) is 0 Å². The maximum atomic E-state index is 10.4. The number of hydrogen-bond donors (Lipinski definition) is 1. The van der Waals surface area contributed by atoms with Crippen LogP contribution in [-0.2, 0) is 6.42 Å². The molecule has 23 heavy (non-hydrogen) atoms. The second-order valence-electron chi connectivity index (χ2n) is 7.38. The van der Waals surface area contributed by atoms with E-state index in [9.17, 15) is 5.11 Å². The van der Waals surface area contributed by atoms with Crippen molar-refractivity contribution in [2.45, 2.75) is 71.3 Å². The third kappa shape index (κ3) is 6.64. The molecule has 0 aromatic heterocycles. The lowest BCUT2D eigenvalue weighted by Crippen LogP contribution is -2.34. The topological polar surface area (TPSA) is 23.5 Å². The van der Waals surface area contributed by atoms with Crippen LogP contribution in [0.15, 0.2) is 24.3 Å². The van der Waals surface area contributed by atoms with E-state index in [1.165, 1.54) is 63.6 Å². The smallest absolute Gasteiger partial charge is 0.0802 e. The van der Waals surface area contributed by atoms with Crippen molar-refractivity contribution in [3.63, 3.8) is 0 Å². The van der Waals surface area contributed by atoms with Gasteiger partial charge >= 0.3 is 0 Å². The Hall–Kier alpha value is -0.860. The molecule has 1 unspecified atom stereocenters. The van der Waals surface area contributed by atoms with Crippen molar-refractivity contribution >= 4 is 0 Å². The summed E-state index contributed by atoms with van der Waals surface area (Å²) in [5.41, 5.74) is 2.48. The molecule has 1 aliphatic rings. The SMILES string of the molecule is CCCCCCc1ccc(C(O)CCN2CCC(C)CC2)cc1. The molecule has 1 saturated heterocycles. The largest absolute Gasteiger partial charge is 0.388 e. The summed E-state index contributed by atoms with van der Waals surface area (Å²) in [5, 5.41) is 10.4. The second-order valence-corrected chi connectivity index (χ2v) is 7.38. The number of piperidine rings is 1. The van der Waals surface area contributed by atoms with Crippen LogP contribution >= 0.6 is 0 Å². The summed E-state index contributed by atoms with van der Waals surface area (Å²) in [6.07, 6.45) is 9.56. The number of benzene rings is 1. The molecule has 130 valence electrons. The van der Waals surface area contributed by atoms with Gasteiger partial charge in [0.15, 0.2) is 0 Å². The highest BCUT2D eigenvalue weighted by Gasteiger charge is 2.17. The van der Waals surface area contributed by atoms with Crippen molar-refractivity contribution in [2.75, 3.05) is 19.6 Å². The van der Waals surface area contributed by atoms with Crippen LogP contribution in [0, 0.1) is 5.92 Å². The van der Waals surface area contributed by atoms with Crippen LogP contribution in [0.1, 0.15) is 76.0 Å². The Labute approximate surface area is 142 Å². The van der Waals surface area contributed by atoms with E-state index in [2.05, 4.69) is 43.0 Å². The zero-order valence-electron chi connectivity index (χ0n) is 15.1. The van der Waals surface area contributed by atoms with Crippen molar-refractivity contribution in [3.8, 4) is 0 Å². The summed E-state index contributed by atoms with van der Waals surface area (Å²) < 4.78 is 0. The van der Waals surface area contributed by atoms with E-state index in [0.29, 0.717) is 0 Å². The predicted molar refractivity (Wildman–Crippen MR) is 98.7 cm³/mol. The Morgan fingerprint density at radius 3 is 2.43 bits per heavy atom. The molecule has 1 N–H and O–H groups in total. The number of aliphatic hydroxyl groups excluding tert-OH is 1. The first-order chi connectivity index (χ1) is 11.2. The van der Waals surface area contributed by atoms with Crippen molar-refractivity contribution in [1.82, 2.24) is 4.90 Å². The molecule has 0 aliphatic carbocycles. The Kier molecular flexibility index (Phi) is 8.11. The number of aliphatic hydroxyl groups is 1. The van der Waals surface area contributed by atoms with Crippen LogP contribution < -0.4 is 0 Å². The van der Waals surface area contributed by atoms with Gasteiger partial charge in [-0.3, -0.25) is 0 Å². The van der Waals surface area contributed by atoms with Crippen LogP contribution in [0.4, 0.5) is 0 Å². The Bertz CT molecular complexity index is 420. The van der Waals surface area contributed by atoms with Gasteiger partial charge in [0.05, 0.1) is 6.10 Å². The van der Waals surface area contributed by atoms with E-state index < -0.39 is 0 Å². The molecule has 1 aromatic rings. The molecule has 1 aromatic carbocycles. The molecule has 0 radical (unpaired) electrons. The number of aryl methyl sites for hydroxylation is 1. The van der Waals surface area contributed by atoms with E-state index in [4.69, 9.17) is 0 Å². The van der Waals surface area contributed by atoms with Gasteiger partial charge in [-0.1, -0.05) is 57.4 Å². The van der Waals surface area contributed by atoms with E-state index >= 15 is 0 Å². The molecule has 0 bridgehead atoms. The number of likely N-dealkylation sites (tertiary alicyclic amines) is 1. The van der Waals surface area contributed by atoms with Gasteiger partial charge < -0.3 is 10.0 Å². The highest BCUT2D eigenvalue weighted by atomic mass is 16.3. The number of rotatable bonds is 9. The maximum absolute atomic E-state index is 10.4. The molecule has 0 spiro atoms. The monoisotopic (exact) mass is 317 g/mol. The van der Waals surface area contributed by atoms with Gasteiger partial charge in [-0.05, 0) is 62.2 Å².